The first-order valence-corrected chi connectivity index (χ1v) is 5.63. The Labute approximate surface area is 98.9 Å². The van der Waals surface area contributed by atoms with Crippen molar-refractivity contribution in [2.24, 2.45) is 0 Å². The molecular weight excluding hydrogens is 228 g/mol. The molecule has 86 valence electrons. The van der Waals surface area contributed by atoms with Gasteiger partial charge in [0.15, 0.2) is 0 Å². The van der Waals surface area contributed by atoms with Gasteiger partial charge in [-0.25, -0.2) is 0 Å². The minimum absolute atomic E-state index is 0.106. The first-order chi connectivity index (χ1) is 7.68. The van der Waals surface area contributed by atoms with E-state index < -0.39 is 0 Å². The van der Waals surface area contributed by atoms with Crippen LogP contribution in [0.2, 0.25) is 5.02 Å². The van der Waals surface area contributed by atoms with E-state index in [4.69, 9.17) is 11.6 Å². The van der Waals surface area contributed by atoms with E-state index in [2.05, 4.69) is 4.98 Å². The Morgan fingerprint density at radius 3 is 2.81 bits per heavy atom. The SMILES string of the molecule is O=C(c1cnccc1Cl)N1CCC(O)CC1. The van der Waals surface area contributed by atoms with E-state index in [1.807, 2.05) is 0 Å². The molecule has 1 aliphatic heterocycles. The Kier molecular flexibility index (Phi) is 3.41. The van der Waals surface area contributed by atoms with Crippen molar-refractivity contribution in [1.82, 2.24) is 9.88 Å². The lowest BCUT2D eigenvalue weighted by molar-refractivity contribution is 0.0546. The Morgan fingerprint density at radius 2 is 2.19 bits per heavy atom. The van der Waals surface area contributed by atoms with Crippen molar-refractivity contribution in [3.05, 3.63) is 29.0 Å². The molecule has 1 saturated heterocycles. The maximum atomic E-state index is 12.0. The lowest BCUT2D eigenvalue weighted by Crippen LogP contribution is -2.40. The third-order valence-electron chi connectivity index (χ3n) is 2.75. The van der Waals surface area contributed by atoms with Crippen LogP contribution < -0.4 is 0 Å². The smallest absolute Gasteiger partial charge is 0.256 e. The van der Waals surface area contributed by atoms with Crippen LogP contribution in [0.5, 0.6) is 0 Å². The van der Waals surface area contributed by atoms with Crippen LogP contribution in [0.15, 0.2) is 18.5 Å². The van der Waals surface area contributed by atoms with Gasteiger partial charge >= 0.3 is 0 Å². The van der Waals surface area contributed by atoms with Crippen molar-refractivity contribution < 1.29 is 9.90 Å². The van der Waals surface area contributed by atoms with Crippen LogP contribution >= 0.6 is 11.6 Å². The fourth-order valence-electron chi connectivity index (χ4n) is 1.77. The van der Waals surface area contributed by atoms with Crippen molar-refractivity contribution in [3.63, 3.8) is 0 Å². The third-order valence-corrected chi connectivity index (χ3v) is 3.08. The number of rotatable bonds is 1. The van der Waals surface area contributed by atoms with Crippen LogP contribution in [0, 0.1) is 0 Å². The molecule has 1 amide bonds. The van der Waals surface area contributed by atoms with Gasteiger partial charge in [-0.2, -0.15) is 0 Å². The number of halogens is 1. The summed E-state index contributed by atoms with van der Waals surface area (Å²) >= 11 is 5.93. The standard InChI is InChI=1S/C11H13ClN2O2/c12-10-1-4-13-7-9(10)11(16)14-5-2-8(15)3-6-14/h1,4,7-8,15H,2-3,5-6H2. The number of aliphatic hydroxyl groups excluding tert-OH is 1. The maximum Gasteiger partial charge on any atom is 0.256 e. The molecule has 16 heavy (non-hydrogen) atoms. The highest BCUT2D eigenvalue weighted by Crippen LogP contribution is 2.18. The van der Waals surface area contributed by atoms with Crippen molar-refractivity contribution in [2.45, 2.75) is 18.9 Å². The molecule has 1 N–H and O–H groups in total. The molecule has 0 radical (unpaired) electrons. The van der Waals surface area contributed by atoms with Gasteiger partial charge in [-0.15, -0.1) is 0 Å². The zero-order chi connectivity index (χ0) is 11.5. The number of carbonyl (C=O) groups excluding carboxylic acids is 1. The second-order valence-corrected chi connectivity index (χ2v) is 4.29. The van der Waals surface area contributed by atoms with Crippen LogP contribution in [-0.4, -0.2) is 40.1 Å². The molecule has 0 aromatic carbocycles. The van der Waals surface area contributed by atoms with Gasteiger partial charge in [0.2, 0.25) is 0 Å². The average molecular weight is 241 g/mol. The zero-order valence-corrected chi connectivity index (χ0v) is 9.52. The lowest BCUT2D eigenvalue weighted by Gasteiger charge is -2.29. The first kappa shape index (κ1) is 11.4. The molecule has 0 atom stereocenters. The number of aliphatic hydroxyl groups is 1. The summed E-state index contributed by atoms with van der Waals surface area (Å²) in [6, 6.07) is 1.60. The fourth-order valence-corrected chi connectivity index (χ4v) is 1.96. The Bertz CT molecular complexity index is 389. The van der Waals surface area contributed by atoms with E-state index in [1.54, 1.807) is 17.2 Å². The minimum atomic E-state index is -0.284. The molecule has 0 spiro atoms. The maximum absolute atomic E-state index is 12.0. The number of likely N-dealkylation sites (tertiary alicyclic amines) is 1. The highest BCUT2D eigenvalue weighted by Gasteiger charge is 2.23. The summed E-state index contributed by atoms with van der Waals surface area (Å²) in [5.74, 6) is -0.106. The van der Waals surface area contributed by atoms with Crippen molar-refractivity contribution in [2.75, 3.05) is 13.1 Å². The number of pyridine rings is 1. The molecule has 0 unspecified atom stereocenters. The molecule has 2 rings (SSSR count). The predicted molar refractivity (Wildman–Crippen MR) is 60.4 cm³/mol. The lowest BCUT2D eigenvalue weighted by atomic mass is 10.1. The number of carbonyl (C=O) groups is 1. The van der Waals surface area contributed by atoms with E-state index in [0.717, 1.165) is 0 Å². The summed E-state index contributed by atoms with van der Waals surface area (Å²) in [4.78, 5) is 17.6. The highest BCUT2D eigenvalue weighted by atomic mass is 35.5. The van der Waals surface area contributed by atoms with Crippen molar-refractivity contribution >= 4 is 17.5 Å². The number of hydrogen-bond acceptors (Lipinski definition) is 3. The summed E-state index contributed by atoms with van der Waals surface area (Å²) in [5.41, 5.74) is 0.431. The topological polar surface area (TPSA) is 53.4 Å². The van der Waals surface area contributed by atoms with E-state index >= 15 is 0 Å². The molecule has 1 aliphatic rings. The van der Waals surface area contributed by atoms with E-state index in [-0.39, 0.29) is 12.0 Å². The summed E-state index contributed by atoms with van der Waals surface area (Å²) in [7, 11) is 0. The van der Waals surface area contributed by atoms with Crippen LogP contribution in [0.3, 0.4) is 0 Å². The molecular formula is C11H13ClN2O2. The average Bonchev–Trinajstić information content (AvgIpc) is 2.30. The number of amides is 1. The summed E-state index contributed by atoms with van der Waals surface area (Å²) in [6.45, 7) is 1.15. The molecule has 1 aromatic rings. The minimum Gasteiger partial charge on any atom is -0.393 e. The Hall–Kier alpha value is -1.13. The van der Waals surface area contributed by atoms with Gasteiger partial charge in [0.25, 0.3) is 5.91 Å². The highest BCUT2D eigenvalue weighted by molar-refractivity contribution is 6.33. The van der Waals surface area contributed by atoms with Crippen LogP contribution in [0.4, 0.5) is 0 Å². The van der Waals surface area contributed by atoms with Gasteiger partial charge in [0, 0.05) is 25.5 Å². The van der Waals surface area contributed by atoms with Gasteiger partial charge in [-0.05, 0) is 18.9 Å². The second-order valence-electron chi connectivity index (χ2n) is 3.88. The van der Waals surface area contributed by atoms with Crippen LogP contribution in [-0.2, 0) is 0 Å². The second kappa shape index (κ2) is 4.80. The molecule has 5 heteroatoms. The largest absolute Gasteiger partial charge is 0.393 e. The van der Waals surface area contributed by atoms with Crippen LogP contribution in [0.1, 0.15) is 23.2 Å². The molecule has 0 bridgehead atoms. The zero-order valence-electron chi connectivity index (χ0n) is 8.77. The Balaban J connectivity index is 2.11. The van der Waals surface area contributed by atoms with Gasteiger partial charge in [0.05, 0.1) is 16.7 Å². The Morgan fingerprint density at radius 1 is 1.50 bits per heavy atom. The monoisotopic (exact) mass is 240 g/mol. The van der Waals surface area contributed by atoms with Crippen LogP contribution in [0.25, 0.3) is 0 Å². The fraction of sp³-hybridized carbons (Fsp3) is 0.455. The quantitative estimate of drug-likeness (QED) is 0.806. The van der Waals surface area contributed by atoms with Gasteiger partial charge in [-0.3, -0.25) is 9.78 Å². The number of nitrogens with zero attached hydrogens (tertiary/aromatic N) is 2. The van der Waals surface area contributed by atoms with E-state index in [1.165, 1.54) is 6.20 Å². The van der Waals surface area contributed by atoms with Crippen molar-refractivity contribution in [3.8, 4) is 0 Å². The van der Waals surface area contributed by atoms with E-state index in [0.29, 0.717) is 36.5 Å². The number of hydrogen-bond donors (Lipinski definition) is 1. The first-order valence-electron chi connectivity index (χ1n) is 5.25. The summed E-state index contributed by atoms with van der Waals surface area (Å²) < 4.78 is 0. The van der Waals surface area contributed by atoms with Gasteiger partial charge < -0.3 is 10.0 Å². The number of aromatic nitrogens is 1. The number of piperidine rings is 1. The van der Waals surface area contributed by atoms with Crippen molar-refractivity contribution in [1.29, 1.82) is 0 Å². The summed E-state index contributed by atoms with van der Waals surface area (Å²) in [5, 5.41) is 9.78. The molecule has 0 aliphatic carbocycles. The molecule has 1 aromatic heterocycles. The van der Waals surface area contributed by atoms with E-state index in [9.17, 15) is 9.90 Å². The molecule has 2 heterocycles. The molecule has 1 fully saturated rings. The molecule has 0 saturated carbocycles. The van der Waals surface area contributed by atoms with Gasteiger partial charge in [0.1, 0.15) is 0 Å². The normalized spacial score (nSPS) is 17.5. The summed E-state index contributed by atoms with van der Waals surface area (Å²) in [6.07, 6.45) is 4.01. The van der Waals surface area contributed by atoms with Gasteiger partial charge in [-0.1, -0.05) is 11.6 Å². The molecule has 4 nitrogen and oxygen atoms in total. The predicted octanol–water partition coefficient (Wildman–Crippen LogP) is 1.33. The third kappa shape index (κ3) is 2.33.